The van der Waals surface area contributed by atoms with Gasteiger partial charge in [0.25, 0.3) is 5.56 Å². The standard InChI is InChI=1S/C23H15BrN4O.BrH/c24-18-13-11-17(12-14-18)21-25-26-23-27(19-9-5-2-6-10-19)22(29)20(28(21)23)15-16-7-3-1-4-8-16;/h1-15H;1H/b20-15+;. The smallest absolute Gasteiger partial charge is 0.266 e. The zero-order valence-corrected chi connectivity index (χ0v) is 18.9. The first-order chi connectivity index (χ1) is 14.2. The molecule has 5 aromatic rings. The number of imidazole rings is 1. The molecular weight excluding hydrogens is 508 g/mol. The summed E-state index contributed by atoms with van der Waals surface area (Å²) in [5.41, 5.74) is 2.44. The summed E-state index contributed by atoms with van der Waals surface area (Å²) in [6.07, 6.45) is 1.88. The van der Waals surface area contributed by atoms with Crippen LogP contribution in [0.4, 0.5) is 0 Å². The average Bonchev–Trinajstić information content (AvgIpc) is 3.29. The molecule has 0 aliphatic heterocycles. The number of benzene rings is 3. The van der Waals surface area contributed by atoms with Crippen molar-refractivity contribution in [1.82, 2.24) is 19.2 Å². The van der Waals surface area contributed by atoms with Gasteiger partial charge in [-0.3, -0.25) is 9.20 Å². The van der Waals surface area contributed by atoms with Crippen LogP contribution in [0.3, 0.4) is 0 Å². The van der Waals surface area contributed by atoms with Crippen LogP contribution in [0.1, 0.15) is 5.56 Å². The fraction of sp³-hybridized carbons (Fsp3) is 0. The van der Waals surface area contributed by atoms with Crippen LogP contribution in [0.2, 0.25) is 0 Å². The monoisotopic (exact) mass is 522 g/mol. The molecule has 0 atom stereocenters. The molecule has 0 aliphatic rings. The second kappa shape index (κ2) is 8.38. The minimum absolute atomic E-state index is 0. The molecule has 0 aliphatic carbocycles. The second-order valence-corrected chi connectivity index (χ2v) is 7.50. The molecule has 7 heteroatoms. The summed E-state index contributed by atoms with van der Waals surface area (Å²) >= 11 is 3.46. The maximum atomic E-state index is 13.4. The Hall–Kier alpha value is -3.03. The topological polar surface area (TPSA) is 52.2 Å². The Morgan fingerprint density at radius 3 is 2.10 bits per heavy atom. The van der Waals surface area contributed by atoms with Crippen LogP contribution >= 0.6 is 32.9 Å². The van der Waals surface area contributed by atoms with E-state index in [1.165, 1.54) is 0 Å². The Balaban J connectivity index is 0.00000218. The third kappa shape index (κ3) is 3.51. The van der Waals surface area contributed by atoms with Gasteiger partial charge in [0.1, 0.15) is 5.35 Å². The van der Waals surface area contributed by atoms with Crippen molar-refractivity contribution in [3.8, 4) is 17.1 Å². The molecular formula is C23H16Br2N4O. The van der Waals surface area contributed by atoms with Crippen molar-refractivity contribution in [3.05, 3.63) is 111 Å². The van der Waals surface area contributed by atoms with Crippen molar-refractivity contribution in [1.29, 1.82) is 0 Å². The number of fused-ring (bicyclic) bond motifs is 1. The minimum Gasteiger partial charge on any atom is -0.266 e. The molecule has 3 aromatic carbocycles. The van der Waals surface area contributed by atoms with Gasteiger partial charge in [-0.2, -0.15) is 0 Å². The van der Waals surface area contributed by atoms with E-state index in [1.807, 2.05) is 95.4 Å². The first-order valence-corrected chi connectivity index (χ1v) is 9.90. The Labute approximate surface area is 191 Å². The van der Waals surface area contributed by atoms with Crippen LogP contribution in [0.15, 0.2) is 94.2 Å². The summed E-state index contributed by atoms with van der Waals surface area (Å²) in [6.45, 7) is 0. The highest BCUT2D eigenvalue weighted by Crippen LogP contribution is 2.20. The van der Waals surface area contributed by atoms with Gasteiger partial charge in [0, 0.05) is 10.0 Å². The number of para-hydroxylation sites is 1. The maximum absolute atomic E-state index is 13.4. The first kappa shape index (κ1) is 20.3. The van der Waals surface area contributed by atoms with E-state index in [0.29, 0.717) is 17.0 Å². The molecule has 0 spiro atoms. The van der Waals surface area contributed by atoms with Crippen molar-refractivity contribution in [3.63, 3.8) is 0 Å². The third-order valence-electron chi connectivity index (χ3n) is 4.73. The van der Waals surface area contributed by atoms with Crippen molar-refractivity contribution < 1.29 is 0 Å². The van der Waals surface area contributed by atoms with Crippen molar-refractivity contribution >= 4 is 44.8 Å². The van der Waals surface area contributed by atoms with Crippen molar-refractivity contribution in [2.75, 3.05) is 0 Å². The highest BCUT2D eigenvalue weighted by Gasteiger charge is 2.19. The first-order valence-electron chi connectivity index (χ1n) is 9.10. The average molecular weight is 524 g/mol. The van der Waals surface area contributed by atoms with E-state index < -0.39 is 0 Å². The van der Waals surface area contributed by atoms with E-state index in [9.17, 15) is 4.79 Å². The molecule has 0 saturated carbocycles. The van der Waals surface area contributed by atoms with Crippen LogP contribution in [0.5, 0.6) is 0 Å². The summed E-state index contributed by atoms with van der Waals surface area (Å²) in [5.74, 6) is 1.11. The van der Waals surface area contributed by atoms with Gasteiger partial charge in [0.05, 0.1) is 5.69 Å². The lowest BCUT2D eigenvalue weighted by molar-refractivity contribution is 0.997. The molecule has 0 bridgehead atoms. The number of nitrogens with zero attached hydrogens (tertiary/aromatic N) is 4. The van der Waals surface area contributed by atoms with E-state index in [4.69, 9.17) is 0 Å². The third-order valence-corrected chi connectivity index (χ3v) is 5.26. The summed E-state index contributed by atoms with van der Waals surface area (Å²) in [4.78, 5) is 13.4. The van der Waals surface area contributed by atoms with E-state index in [-0.39, 0.29) is 22.5 Å². The second-order valence-electron chi connectivity index (χ2n) is 6.58. The molecule has 2 heterocycles. The molecule has 0 N–H and O–H groups in total. The van der Waals surface area contributed by atoms with Crippen molar-refractivity contribution in [2.24, 2.45) is 0 Å². The predicted molar refractivity (Wildman–Crippen MR) is 127 cm³/mol. The van der Waals surface area contributed by atoms with Gasteiger partial charge in [-0.15, -0.1) is 27.2 Å². The lowest BCUT2D eigenvalue weighted by Crippen LogP contribution is -2.30. The van der Waals surface area contributed by atoms with E-state index in [1.54, 1.807) is 4.57 Å². The molecule has 0 fully saturated rings. The van der Waals surface area contributed by atoms with Gasteiger partial charge in [0.2, 0.25) is 5.78 Å². The SMILES string of the molecule is Br.O=c1/c(=C\c2ccccc2)n2c(-c3ccc(Br)cc3)nnc2n1-c1ccccc1. The molecule has 0 radical (unpaired) electrons. The van der Waals surface area contributed by atoms with Crippen LogP contribution < -0.4 is 10.9 Å². The van der Waals surface area contributed by atoms with Crippen LogP contribution in [-0.2, 0) is 0 Å². The summed E-state index contributed by atoms with van der Waals surface area (Å²) in [7, 11) is 0. The molecule has 0 amide bonds. The summed E-state index contributed by atoms with van der Waals surface area (Å²) < 4.78 is 4.40. The van der Waals surface area contributed by atoms with Gasteiger partial charge < -0.3 is 0 Å². The van der Waals surface area contributed by atoms with E-state index in [2.05, 4.69) is 26.1 Å². The lowest BCUT2D eigenvalue weighted by atomic mass is 10.2. The highest BCUT2D eigenvalue weighted by molar-refractivity contribution is 9.10. The summed E-state index contributed by atoms with van der Waals surface area (Å²) in [6, 6.07) is 27.1. The minimum atomic E-state index is -0.136. The Kier molecular flexibility index (Phi) is 5.65. The molecule has 2 aromatic heterocycles. The van der Waals surface area contributed by atoms with Crippen LogP contribution in [0.25, 0.3) is 28.9 Å². The van der Waals surface area contributed by atoms with Crippen molar-refractivity contribution in [2.45, 2.75) is 0 Å². The number of hydrogen-bond acceptors (Lipinski definition) is 3. The number of hydrogen-bond donors (Lipinski definition) is 0. The molecule has 0 saturated heterocycles. The van der Waals surface area contributed by atoms with E-state index >= 15 is 0 Å². The normalized spacial score (nSPS) is 11.6. The fourth-order valence-corrected chi connectivity index (χ4v) is 3.64. The lowest BCUT2D eigenvalue weighted by Gasteiger charge is -1.99. The highest BCUT2D eigenvalue weighted by atomic mass is 79.9. The predicted octanol–water partition coefficient (Wildman–Crippen LogP) is 4.44. The van der Waals surface area contributed by atoms with Gasteiger partial charge in [-0.1, -0.05) is 76.6 Å². The molecule has 0 unspecified atom stereocenters. The quantitative estimate of drug-likeness (QED) is 0.351. The molecule has 30 heavy (non-hydrogen) atoms. The summed E-state index contributed by atoms with van der Waals surface area (Å²) in [5, 5.41) is 9.28. The number of aromatic nitrogens is 4. The Morgan fingerprint density at radius 1 is 0.800 bits per heavy atom. The van der Waals surface area contributed by atoms with E-state index in [0.717, 1.165) is 21.3 Å². The van der Waals surface area contributed by atoms with Crippen LogP contribution in [-0.4, -0.2) is 19.2 Å². The largest absolute Gasteiger partial charge is 0.282 e. The molecule has 5 nitrogen and oxygen atoms in total. The van der Waals surface area contributed by atoms with Gasteiger partial charge in [0.15, 0.2) is 5.82 Å². The van der Waals surface area contributed by atoms with Gasteiger partial charge in [-0.05, 0) is 35.9 Å². The molecule has 148 valence electrons. The Morgan fingerprint density at radius 2 is 1.43 bits per heavy atom. The molecule has 5 rings (SSSR count). The zero-order chi connectivity index (χ0) is 19.8. The maximum Gasteiger partial charge on any atom is 0.282 e. The number of halogens is 2. The zero-order valence-electron chi connectivity index (χ0n) is 15.6. The fourth-order valence-electron chi connectivity index (χ4n) is 3.37. The van der Waals surface area contributed by atoms with Gasteiger partial charge >= 0.3 is 0 Å². The number of rotatable bonds is 3. The van der Waals surface area contributed by atoms with Gasteiger partial charge in [-0.25, -0.2) is 4.57 Å². The Bertz CT molecular complexity index is 1410. The van der Waals surface area contributed by atoms with Crippen LogP contribution in [0, 0.1) is 0 Å².